The summed E-state index contributed by atoms with van der Waals surface area (Å²) in [6.45, 7) is 6.70. The smallest absolute Gasteiger partial charge is 0.282 e. The van der Waals surface area contributed by atoms with Crippen LogP contribution in [0.5, 0.6) is 0 Å². The lowest BCUT2D eigenvalue weighted by molar-refractivity contribution is -0.121. The van der Waals surface area contributed by atoms with Crippen molar-refractivity contribution in [3.8, 4) is 0 Å². The molecule has 0 aromatic heterocycles. The lowest BCUT2D eigenvalue weighted by Crippen LogP contribution is -2.40. The number of carbonyl (C=O) groups excluding carboxylic acids is 2. The molecule has 5 rings (SSSR count). The number of piperidine rings is 1. The van der Waals surface area contributed by atoms with Gasteiger partial charge < -0.3 is 14.5 Å². The van der Waals surface area contributed by atoms with Gasteiger partial charge in [0.05, 0.1) is 24.5 Å². The number of hydrogen-bond acceptors (Lipinski definition) is 5. The molecule has 0 bridgehead atoms. The summed E-state index contributed by atoms with van der Waals surface area (Å²) in [6.07, 6.45) is 2.39. The number of hydrogen-bond donors (Lipinski definition) is 0. The fourth-order valence-electron chi connectivity index (χ4n) is 4.78. The molecule has 3 heterocycles. The van der Waals surface area contributed by atoms with E-state index in [9.17, 15) is 9.59 Å². The third-order valence-corrected chi connectivity index (χ3v) is 6.71. The quantitative estimate of drug-likeness (QED) is 0.693. The number of imide groups is 1. The largest absolute Gasteiger partial charge is 0.378 e. The van der Waals surface area contributed by atoms with Gasteiger partial charge in [-0.25, -0.2) is 4.90 Å². The third kappa shape index (κ3) is 3.79. The lowest BCUT2D eigenvalue weighted by atomic mass is 9.99. The van der Waals surface area contributed by atoms with Gasteiger partial charge in [-0.05, 0) is 48.6 Å². The van der Waals surface area contributed by atoms with Crippen LogP contribution in [0.1, 0.15) is 25.3 Å². The molecule has 0 N–H and O–H groups in total. The lowest BCUT2D eigenvalue weighted by Gasteiger charge is -2.32. The Morgan fingerprint density at radius 2 is 1.38 bits per heavy atom. The van der Waals surface area contributed by atoms with Crippen molar-refractivity contribution in [2.24, 2.45) is 5.92 Å². The normalized spacial score (nSPS) is 20.5. The van der Waals surface area contributed by atoms with Crippen LogP contribution in [0.4, 0.5) is 11.4 Å². The Balaban J connectivity index is 1.46. The van der Waals surface area contributed by atoms with Crippen molar-refractivity contribution in [1.29, 1.82) is 0 Å². The van der Waals surface area contributed by atoms with E-state index in [0.29, 0.717) is 43.3 Å². The molecule has 0 aliphatic carbocycles. The number of amides is 2. The van der Waals surface area contributed by atoms with Gasteiger partial charge in [-0.3, -0.25) is 9.59 Å². The first-order valence-corrected chi connectivity index (χ1v) is 11.5. The summed E-state index contributed by atoms with van der Waals surface area (Å²) in [5.41, 5.74) is 3.49. The summed E-state index contributed by atoms with van der Waals surface area (Å²) >= 11 is 0. The molecule has 6 nitrogen and oxygen atoms in total. The average molecular weight is 432 g/mol. The maximum absolute atomic E-state index is 13.6. The standard InChI is InChI=1S/C26H29N3O3/c1-19-11-13-27(14-12-19)21-7-9-22(10-8-21)29-25(30)23(20-5-3-2-4-6-20)24(26(29)31)28-15-17-32-18-16-28/h2-10,19H,11-18H2,1H3. The number of nitrogens with zero attached hydrogens (tertiary/aromatic N) is 3. The van der Waals surface area contributed by atoms with Crippen LogP contribution in [0.25, 0.3) is 5.57 Å². The van der Waals surface area contributed by atoms with Gasteiger partial charge in [0.1, 0.15) is 5.70 Å². The van der Waals surface area contributed by atoms with Crippen molar-refractivity contribution in [1.82, 2.24) is 4.90 Å². The number of benzene rings is 2. The van der Waals surface area contributed by atoms with Gasteiger partial charge in [0.15, 0.2) is 0 Å². The van der Waals surface area contributed by atoms with Crippen LogP contribution in [0.3, 0.4) is 0 Å². The van der Waals surface area contributed by atoms with E-state index in [0.717, 1.165) is 30.3 Å². The first kappa shape index (κ1) is 20.8. The molecule has 32 heavy (non-hydrogen) atoms. The second-order valence-electron chi connectivity index (χ2n) is 8.82. The Kier molecular flexibility index (Phi) is 5.70. The van der Waals surface area contributed by atoms with Gasteiger partial charge in [0.25, 0.3) is 11.8 Å². The van der Waals surface area contributed by atoms with Gasteiger partial charge in [-0.1, -0.05) is 37.3 Å². The Labute approximate surface area is 189 Å². The van der Waals surface area contributed by atoms with Gasteiger partial charge in [0.2, 0.25) is 0 Å². The third-order valence-electron chi connectivity index (χ3n) is 6.71. The molecule has 2 fully saturated rings. The molecule has 166 valence electrons. The van der Waals surface area contributed by atoms with Gasteiger partial charge in [-0.15, -0.1) is 0 Å². The van der Waals surface area contributed by atoms with E-state index in [2.05, 4.69) is 11.8 Å². The van der Waals surface area contributed by atoms with E-state index in [1.165, 1.54) is 17.7 Å². The second-order valence-corrected chi connectivity index (χ2v) is 8.82. The van der Waals surface area contributed by atoms with Gasteiger partial charge >= 0.3 is 0 Å². The zero-order valence-corrected chi connectivity index (χ0v) is 18.5. The van der Waals surface area contributed by atoms with Crippen LogP contribution in [0.2, 0.25) is 0 Å². The molecule has 0 atom stereocenters. The predicted octanol–water partition coefficient (Wildman–Crippen LogP) is 3.54. The van der Waals surface area contributed by atoms with Crippen molar-refractivity contribution < 1.29 is 14.3 Å². The van der Waals surface area contributed by atoms with Crippen LogP contribution in [0.15, 0.2) is 60.3 Å². The molecule has 0 unspecified atom stereocenters. The highest BCUT2D eigenvalue weighted by molar-refractivity contribution is 6.45. The number of rotatable bonds is 4. The molecule has 0 spiro atoms. The Bertz CT molecular complexity index is 1020. The Morgan fingerprint density at radius 3 is 2.03 bits per heavy atom. The minimum absolute atomic E-state index is 0.254. The number of anilines is 2. The molecule has 0 radical (unpaired) electrons. The molecule has 3 aliphatic rings. The van der Waals surface area contributed by atoms with E-state index in [1.807, 2.05) is 59.5 Å². The van der Waals surface area contributed by atoms with E-state index in [4.69, 9.17) is 4.74 Å². The fraction of sp³-hybridized carbons (Fsp3) is 0.385. The number of morpholine rings is 1. The first-order chi connectivity index (χ1) is 15.6. The topological polar surface area (TPSA) is 53.1 Å². The highest BCUT2D eigenvalue weighted by Gasteiger charge is 2.42. The first-order valence-electron chi connectivity index (χ1n) is 11.5. The van der Waals surface area contributed by atoms with Crippen molar-refractivity contribution in [2.45, 2.75) is 19.8 Å². The summed E-state index contributed by atoms with van der Waals surface area (Å²) in [5, 5.41) is 0. The second kappa shape index (κ2) is 8.79. The van der Waals surface area contributed by atoms with Crippen molar-refractivity contribution >= 4 is 28.8 Å². The number of ether oxygens (including phenoxy) is 1. The highest BCUT2D eigenvalue weighted by atomic mass is 16.5. The fourth-order valence-corrected chi connectivity index (χ4v) is 4.78. The summed E-state index contributed by atoms with van der Waals surface area (Å²) < 4.78 is 5.47. The Morgan fingerprint density at radius 1 is 0.750 bits per heavy atom. The summed E-state index contributed by atoms with van der Waals surface area (Å²) in [7, 11) is 0. The maximum atomic E-state index is 13.6. The zero-order valence-electron chi connectivity index (χ0n) is 18.5. The molecule has 6 heteroatoms. The SMILES string of the molecule is CC1CCN(c2ccc(N3C(=O)C(c4ccccc4)=C(N4CCOCC4)C3=O)cc2)CC1. The van der Waals surface area contributed by atoms with Gasteiger partial charge in [-0.2, -0.15) is 0 Å². The van der Waals surface area contributed by atoms with Crippen LogP contribution < -0.4 is 9.80 Å². The maximum Gasteiger partial charge on any atom is 0.282 e. The molecular formula is C26H29N3O3. The summed E-state index contributed by atoms with van der Waals surface area (Å²) in [6, 6.07) is 17.3. The van der Waals surface area contributed by atoms with E-state index < -0.39 is 0 Å². The van der Waals surface area contributed by atoms with E-state index >= 15 is 0 Å². The molecule has 2 saturated heterocycles. The van der Waals surface area contributed by atoms with Crippen molar-refractivity contribution in [3.05, 3.63) is 65.9 Å². The zero-order chi connectivity index (χ0) is 22.1. The van der Waals surface area contributed by atoms with Crippen LogP contribution in [-0.2, 0) is 14.3 Å². The van der Waals surface area contributed by atoms with Crippen LogP contribution in [-0.4, -0.2) is 56.1 Å². The highest BCUT2D eigenvalue weighted by Crippen LogP contribution is 2.36. The minimum atomic E-state index is -0.262. The number of carbonyl (C=O) groups is 2. The summed E-state index contributed by atoms with van der Waals surface area (Å²) in [4.78, 5) is 32.9. The van der Waals surface area contributed by atoms with E-state index in [1.54, 1.807) is 0 Å². The molecule has 2 aromatic rings. The van der Waals surface area contributed by atoms with Gasteiger partial charge in [0, 0.05) is 31.9 Å². The Hall–Kier alpha value is -3.12. The average Bonchev–Trinajstić information content (AvgIpc) is 3.10. The van der Waals surface area contributed by atoms with Crippen LogP contribution >= 0.6 is 0 Å². The molecular weight excluding hydrogens is 402 g/mol. The monoisotopic (exact) mass is 431 g/mol. The summed E-state index contributed by atoms with van der Waals surface area (Å²) in [5.74, 6) is 0.254. The van der Waals surface area contributed by atoms with Crippen molar-refractivity contribution in [3.63, 3.8) is 0 Å². The van der Waals surface area contributed by atoms with E-state index in [-0.39, 0.29) is 11.8 Å². The molecule has 2 amide bonds. The molecule has 2 aromatic carbocycles. The molecule has 3 aliphatic heterocycles. The van der Waals surface area contributed by atoms with Crippen molar-refractivity contribution in [2.75, 3.05) is 49.2 Å². The predicted molar refractivity (Wildman–Crippen MR) is 125 cm³/mol. The molecule has 0 saturated carbocycles. The van der Waals surface area contributed by atoms with Crippen LogP contribution in [0, 0.1) is 5.92 Å². The minimum Gasteiger partial charge on any atom is -0.378 e.